The van der Waals surface area contributed by atoms with E-state index < -0.39 is 5.97 Å². The normalized spacial score (nSPS) is 10.9. The van der Waals surface area contributed by atoms with Gasteiger partial charge in [-0.15, -0.1) is 17.9 Å². The molecule has 0 aliphatic carbocycles. The molecule has 0 aliphatic rings. The summed E-state index contributed by atoms with van der Waals surface area (Å²) >= 11 is 1.50. The number of allylic oxidation sites excluding steroid dienone is 1. The number of rotatable bonds is 5. The quantitative estimate of drug-likeness (QED) is 0.520. The number of nitrogens with one attached hydrogen (secondary N) is 1. The van der Waals surface area contributed by atoms with Crippen molar-refractivity contribution in [2.45, 2.75) is 6.42 Å². The molecule has 4 rings (SSSR count). The average molecular weight is 362 g/mol. The number of carbonyl (C=O) groups is 1. The number of benzene rings is 1. The lowest BCUT2D eigenvalue weighted by atomic mass is 10.1. The van der Waals surface area contributed by atoms with Gasteiger partial charge in [-0.2, -0.15) is 5.10 Å². The maximum atomic E-state index is 10.9. The molecule has 0 amide bonds. The largest absolute Gasteiger partial charge is 0.477 e. The molecule has 0 spiro atoms. The first kappa shape index (κ1) is 16.2. The summed E-state index contributed by atoms with van der Waals surface area (Å²) in [4.78, 5) is 20.3. The van der Waals surface area contributed by atoms with Crippen LogP contribution in [0, 0.1) is 0 Å². The standard InChI is InChI=1S/C19H14N4O2S/c1-2-4-11-5-3-6-13-16(11)22-23-17(13)15-10-21-18(26-15)12-7-8-14(19(24)25)20-9-12/h2-3,5-10H,1,4H2,(H,22,23)(H,24,25). The van der Waals surface area contributed by atoms with E-state index in [1.807, 2.05) is 24.3 Å². The lowest BCUT2D eigenvalue weighted by Gasteiger charge is -1.98. The van der Waals surface area contributed by atoms with Crippen molar-refractivity contribution in [2.75, 3.05) is 0 Å². The highest BCUT2D eigenvalue weighted by molar-refractivity contribution is 7.18. The molecule has 0 unspecified atom stereocenters. The second-order valence-corrected chi connectivity index (χ2v) is 6.70. The van der Waals surface area contributed by atoms with Gasteiger partial charge in [0.15, 0.2) is 0 Å². The number of hydrogen-bond acceptors (Lipinski definition) is 5. The van der Waals surface area contributed by atoms with E-state index in [1.165, 1.54) is 23.6 Å². The van der Waals surface area contributed by atoms with E-state index in [0.29, 0.717) is 0 Å². The molecule has 0 radical (unpaired) electrons. The first-order valence-corrected chi connectivity index (χ1v) is 8.72. The zero-order chi connectivity index (χ0) is 18.1. The zero-order valence-corrected chi connectivity index (χ0v) is 14.5. The smallest absolute Gasteiger partial charge is 0.354 e. The number of fused-ring (bicyclic) bond motifs is 1. The van der Waals surface area contributed by atoms with Crippen molar-refractivity contribution in [1.82, 2.24) is 20.2 Å². The highest BCUT2D eigenvalue weighted by Gasteiger charge is 2.14. The van der Waals surface area contributed by atoms with Gasteiger partial charge in [0.2, 0.25) is 0 Å². The molecule has 0 atom stereocenters. The maximum Gasteiger partial charge on any atom is 0.354 e. The van der Waals surface area contributed by atoms with Gasteiger partial charge in [-0.05, 0) is 24.1 Å². The summed E-state index contributed by atoms with van der Waals surface area (Å²) in [6.07, 6.45) is 5.94. The lowest BCUT2D eigenvalue weighted by molar-refractivity contribution is 0.0690. The Morgan fingerprint density at radius 3 is 2.85 bits per heavy atom. The molecule has 0 bridgehead atoms. The fourth-order valence-corrected chi connectivity index (χ4v) is 3.69. The van der Waals surface area contributed by atoms with Crippen LogP contribution in [0.25, 0.3) is 32.0 Å². The molecule has 128 valence electrons. The Balaban J connectivity index is 1.72. The number of H-pyrrole nitrogens is 1. The summed E-state index contributed by atoms with van der Waals surface area (Å²) in [5, 5.41) is 18.3. The fourth-order valence-electron chi connectivity index (χ4n) is 2.78. The molecule has 3 heterocycles. The third kappa shape index (κ3) is 2.78. The molecular formula is C19H14N4O2S. The van der Waals surface area contributed by atoms with E-state index in [-0.39, 0.29) is 5.69 Å². The van der Waals surface area contributed by atoms with Gasteiger partial charge >= 0.3 is 5.97 Å². The highest BCUT2D eigenvalue weighted by Crippen LogP contribution is 2.35. The fraction of sp³-hybridized carbons (Fsp3) is 0.0526. The van der Waals surface area contributed by atoms with Gasteiger partial charge in [-0.1, -0.05) is 24.3 Å². The second kappa shape index (κ2) is 6.53. The van der Waals surface area contributed by atoms with Crippen molar-refractivity contribution in [1.29, 1.82) is 0 Å². The third-order valence-corrected chi connectivity index (χ3v) is 5.08. The second-order valence-electron chi connectivity index (χ2n) is 5.67. The Morgan fingerprint density at radius 2 is 2.12 bits per heavy atom. The predicted molar refractivity (Wildman–Crippen MR) is 101 cm³/mol. The number of aromatic carboxylic acids is 1. The number of para-hydroxylation sites is 1. The molecule has 0 saturated heterocycles. The number of aromatic nitrogens is 4. The van der Waals surface area contributed by atoms with Crippen LogP contribution in [0.5, 0.6) is 0 Å². The number of nitrogens with zero attached hydrogens (tertiary/aromatic N) is 3. The van der Waals surface area contributed by atoms with Crippen LogP contribution in [0.2, 0.25) is 0 Å². The van der Waals surface area contributed by atoms with Gasteiger partial charge in [-0.25, -0.2) is 14.8 Å². The Hall–Kier alpha value is -3.32. The van der Waals surface area contributed by atoms with Gasteiger partial charge in [0.05, 0.1) is 16.1 Å². The Bertz CT molecular complexity index is 1110. The molecule has 1 aromatic carbocycles. The Kier molecular flexibility index (Phi) is 4.06. The Labute approximate surface area is 152 Å². The van der Waals surface area contributed by atoms with Crippen LogP contribution in [0.15, 0.2) is 55.4 Å². The summed E-state index contributed by atoms with van der Waals surface area (Å²) in [5.41, 5.74) is 3.77. The third-order valence-electron chi connectivity index (χ3n) is 4.01. The maximum absolute atomic E-state index is 10.9. The van der Waals surface area contributed by atoms with Gasteiger partial charge < -0.3 is 5.11 Å². The average Bonchev–Trinajstić information content (AvgIpc) is 3.29. The first-order valence-electron chi connectivity index (χ1n) is 7.90. The molecule has 26 heavy (non-hydrogen) atoms. The summed E-state index contributed by atoms with van der Waals surface area (Å²) in [6.45, 7) is 3.79. The molecule has 0 aliphatic heterocycles. The number of carboxylic acid groups (broad SMARTS) is 1. The summed E-state index contributed by atoms with van der Waals surface area (Å²) in [6, 6.07) is 9.28. The van der Waals surface area contributed by atoms with Crippen molar-refractivity contribution in [3.05, 3.63) is 66.6 Å². The summed E-state index contributed by atoms with van der Waals surface area (Å²) in [7, 11) is 0. The number of thiazole rings is 1. The minimum absolute atomic E-state index is 0.0137. The number of aromatic amines is 1. The van der Waals surface area contributed by atoms with Crippen molar-refractivity contribution in [2.24, 2.45) is 0 Å². The minimum Gasteiger partial charge on any atom is -0.477 e. The number of hydrogen-bond donors (Lipinski definition) is 2. The van der Waals surface area contributed by atoms with Crippen LogP contribution in [0.3, 0.4) is 0 Å². The van der Waals surface area contributed by atoms with E-state index in [4.69, 9.17) is 5.11 Å². The SMILES string of the molecule is C=CCc1cccc2c(-c3cnc(-c4ccc(C(=O)O)nc4)s3)[nH]nc12. The Morgan fingerprint density at radius 1 is 1.23 bits per heavy atom. The molecule has 0 fully saturated rings. The predicted octanol–water partition coefficient (Wildman–Crippen LogP) is 4.18. The molecule has 2 N–H and O–H groups in total. The number of carboxylic acids is 1. The topological polar surface area (TPSA) is 91.8 Å². The van der Waals surface area contributed by atoms with E-state index >= 15 is 0 Å². The first-order chi connectivity index (χ1) is 12.7. The van der Waals surface area contributed by atoms with Crippen molar-refractivity contribution in [3.63, 3.8) is 0 Å². The summed E-state index contributed by atoms with van der Waals surface area (Å²) in [5.74, 6) is -1.05. The van der Waals surface area contributed by atoms with Crippen LogP contribution < -0.4 is 0 Å². The molecule has 4 aromatic rings. The lowest BCUT2D eigenvalue weighted by Crippen LogP contribution is -1.98. The van der Waals surface area contributed by atoms with Crippen LogP contribution in [-0.4, -0.2) is 31.2 Å². The van der Waals surface area contributed by atoms with E-state index in [0.717, 1.165) is 44.0 Å². The van der Waals surface area contributed by atoms with Crippen LogP contribution >= 0.6 is 11.3 Å². The summed E-state index contributed by atoms with van der Waals surface area (Å²) < 4.78 is 0. The van der Waals surface area contributed by atoms with Crippen molar-refractivity contribution in [3.8, 4) is 21.1 Å². The molecular weight excluding hydrogens is 348 g/mol. The van der Waals surface area contributed by atoms with E-state index in [2.05, 4.69) is 26.7 Å². The zero-order valence-electron chi connectivity index (χ0n) is 13.6. The number of pyridine rings is 1. The van der Waals surface area contributed by atoms with Crippen LogP contribution in [0.4, 0.5) is 0 Å². The van der Waals surface area contributed by atoms with Crippen LogP contribution in [0.1, 0.15) is 16.1 Å². The van der Waals surface area contributed by atoms with Crippen molar-refractivity contribution < 1.29 is 9.90 Å². The van der Waals surface area contributed by atoms with E-state index in [1.54, 1.807) is 12.3 Å². The minimum atomic E-state index is -1.05. The van der Waals surface area contributed by atoms with Gasteiger partial charge in [-0.3, -0.25) is 5.10 Å². The molecule has 3 aromatic heterocycles. The highest BCUT2D eigenvalue weighted by atomic mass is 32.1. The van der Waals surface area contributed by atoms with Gasteiger partial charge in [0, 0.05) is 23.3 Å². The van der Waals surface area contributed by atoms with Gasteiger partial charge in [0.1, 0.15) is 10.7 Å². The van der Waals surface area contributed by atoms with Gasteiger partial charge in [0.25, 0.3) is 0 Å². The molecule has 0 saturated carbocycles. The van der Waals surface area contributed by atoms with Crippen LogP contribution in [-0.2, 0) is 6.42 Å². The van der Waals surface area contributed by atoms with Crippen molar-refractivity contribution >= 4 is 28.2 Å². The monoisotopic (exact) mass is 362 g/mol. The molecule has 7 heteroatoms. The molecule has 6 nitrogen and oxygen atoms in total. The van der Waals surface area contributed by atoms with E-state index in [9.17, 15) is 4.79 Å².